The van der Waals surface area contributed by atoms with Crippen LogP contribution in [-0.2, 0) is 0 Å². The number of para-hydroxylation sites is 1. The predicted molar refractivity (Wildman–Crippen MR) is 135 cm³/mol. The van der Waals surface area contributed by atoms with Crippen LogP contribution in [-0.4, -0.2) is 12.9 Å². The number of nitrogens with two attached hydrogens (primary N) is 1. The number of nitrogens with zero attached hydrogens (tertiary/aromatic N) is 2. The molecular formula is C26H24ClN5O. The van der Waals surface area contributed by atoms with Crippen LogP contribution in [0.2, 0.25) is 0 Å². The molecule has 0 aliphatic carbocycles. The summed E-state index contributed by atoms with van der Waals surface area (Å²) in [6, 6.07) is 23.0. The van der Waals surface area contributed by atoms with E-state index in [2.05, 4.69) is 40.4 Å². The van der Waals surface area contributed by atoms with Gasteiger partial charge in [-0.15, -0.1) is 0 Å². The highest BCUT2D eigenvalue weighted by atomic mass is 35.5. The quantitative estimate of drug-likeness (QED) is 0.294. The minimum absolute atomic E-state index is 0.0697. The van der Waals surface area contributed by atoms with Crippen molar-refractivity contribution >= 4 is 28.8 Å². The molecule has 3 rings (SSSR count). The summed E-state index contributed by atoms with van der Waals surface area (Å²) in [5.74, 6) is 1.20. The van der Waals surface area contributed by atoms with Gasteiger partial charge in [0.25, 0.3) is 0 Å². The number of nitrogens with one attached hydrogen (secondary N) is 2. The summed E-state index contributed by atoms with van der Waals surface area (Å²) in [6.07, 6.45) is 1.47. The minimum Gasteiger partial charge on any atom is -0.495 e. The van der Waals surface area contributed by atoms with Crippen molar-refractivity contribution in [2.45, 2.75) is 6.92 Å². The standard InChI is InChI=1S/C26H24ClN5O/c1-17-13-24(25(33-3)14-21(17)19-9-5-4-6-10-19)31-18(2)30-16-22(27)26(29)32-23-12-8-7-11-20(23)15-28/h4-14,16,30-31H,2H2,1,3H3,(H2,29,32). The Kier molecular flexibility index (Phi) is 7.74. The van der Waals surface area contributed by atoms with Gasteiger partial charge in [-0.1, -0.05) is 60.6 Å². The summed E-state index contributed by atoms with van der Waals surface area (Å²) in [6.45, 7) is 6.01. The molecular weight excluding hydrogens is 434 g/mol. The maximum absolute atomic E-state index is 9.18. The van der Waals surface area contributed by atoms with E-state index in [1.807, 2.05) is 37.3 Å². The van der Waals surface area contributed by atoms with Gasteiger partial charge in [0.2, 0.25) is 0 Å². The van der Waals surface area contributed by atoms with Gasteiger partial charge in [0.1, 0.15) is 17.7 Å². The van der Waals surface area contributed by atoms with E-state index in [0.29, 0.717) is 22.8 Å². The van der Waals surface area contributed by atoms with E-state index in [1.54, 1.807) is 31.4 Å². The Bertz CT molecular complexity index is 1260. The second kappa shape index (κ2) is 10.9. The number of anilines is 1. The third-order valence-electron chi connectivity index (χ3n) is 4.80. The normalized spacial score (nSPS) is 11.5. The highest BCUT2D eigenvalue weighted by molar-refractivity contribution is 6.43. The van der Waals surface area contributed by atoms with Crippen LogP contribution in [0, 0.1) is 18.3 Å². The first kappa shape index (κ1) is 23.5. The van der Waals surface area contributed by atoms with Crippen molar-refractivity contribution < 1.29 is 4.74 Å². The van der Waals surface area contributed by atoms with Crippen LogP contribution < -0.4 is 21.1 Å². The van der Waals surface area contributed by atoms with Crippen molar-refractivity contribution in [2.24, 2.45) is 10.7 Å². The van der Waals surface area contributed by atoms with Crippen LogP contribution in [0.5, 0.6) is 5.75 Å². The van der Waals surface area contributed by atoms with Crippen molar-refractivity contribution in [3.05, 3.63) is 101 Å². The van der Waals surface area contributed by atoms with E-state index in [-0.39, 0.29) is 10.9 Å². The van der Waals surface area contributed by atoms with E-state index in [4.69, 9.17) is 22.1 Å². The number of rotatable bonds is 8. The lowest BCUT2D eigenvalue weighted by molar-refractivity contribution is 0.416. The Labute approximate surface area is 198 Å². The molecule has 0 bridgehead atoms. The molecule has 0 amide bonds. The van der Waals surface area contributed by atoms with Gasteiger partial charge < -0.3 is 21.1 Å². The van der Waals surface area contributed by atoms with Gasteiger partial charge in [-0.25, -0.2) is 4.99 Å². The molecule has 6 nitrogen and oxygen atoms in total. The Hall–Kier alpha value is -4.21. The maximum atomic E-state index is 9.18. The molecule has 0 atom stereocenters. The molecule has 0 radical (unpaired) electrons. The average Bonchev–Trinajstić information content (AvgIpc) is 2.83. The van der Waals surface area contributed by atoms with Crippen LogP contribution in [0.1, 0.15) is 11.1 Å². The number of hydrogen-bond donors (Lipinski definition) is 3. The summed E-state index contributed by atoms with van der Waals surface area (Å²) >= 11 is 6.26. The number of halogens is 1. The highest BCUT2D eigenvalue weighted by Crippen LogP contribution is 2.34. The van der Waals surface area contributed by atoms with E-state index in [0.717, 1.165) is 22.4 Å². The number of amidine groups is 1. The smallest absolute Gasteiger partial charge is 0.144 e. The molecule has 0 fully saturated rings. The van der Waals surface area contributed by atoms with Gasteiger partial charge in [-0.05, 0) is 47.9 Å². The monoisotopic (exact) mass is 457 g/mol. The lowest BCUT2D eigenvalue weighted by Crippen LogP contribution is -2.17. The van der Waals surface area contributed by atoms with Gasteiger partial charge in [-0.3, -0.25) is 0 Å². The Morgan fingerprint density at radius 1 is 1.15 bits per heavy atom. The van der Waals surface area contributed by atoms with Crippen molar-refractivity contribution in [1.82, 2.24) is 5.32 Å². The summed E-state index contributed by atoms with van der Waals surface area (Å²) < 4.78 is 5.58. The molecule has 0 unspecified atom stereocenters. The van der Waals surface area contributed by atoms with Gasteiger partial charge >= 0.3 is 0 Å². The summed E-state index contributed by atoms with van der Waals surface area (Å²) in [5, 5.41) is 15.5. The SMILES string of the molecule is C=C(NC=C(Cl)C(N)=Nc1ccccc1C#N)Nc1cc(C)c(-c2ccccc2)cc1OC. The summed E-state index contributed by atoms with van der Waals surface area (Å²) in [5.41, 5.74) is 10.9. The molecule has 7 heteroatoms. The fourth-order valence-corrected chi connectivity index (χ4v) is 3.25. The molecule has 0 saturated heterocycles. The fraction of sp³-hybridized carbons (Fsp3) is 0.0769. The number of aliphatic imine (C=N–C) groups is 1. The van der Waals surface area contributed by atoms with Crippen LogP contribution in [0.4, 0.5) is 11.4 Å². The predicted octanol–water partition coefficient (Wildman–Crippen LogP) is 5.78. The number of benzene rings is 3. The van der Waals surface area contributed by atoms with Gasteiger partial charge in [0, 0.05) is 6.20 Å². The third-order valence-corrected chi connectivity index (χ3v) is 5.10. The molecule has 3 aromatic carbocycles. The molecule has 0 saturated carbocycles. The Morgan fingerprint density at radius 2 is 1.85 bits per heavy atom. The van der Waals surface area contributed by atoms with Crippen molar-refractivity contribution in [2.75, 3.05) is 12.4 Å². The van der Waals surface area contributed by atoms with Crippen LogP contribution in [0.3, 0.4) is 0 Å². The first-order chi connectivity index (χ1) is 15.9. The number of nitriles is 1. The average molecular weight is 458 g/mol. The first-order valence-electron chi connectivity index (χ1n) is 10.1. The molecule has 0 spiro atoms. The minimum atomic E-state index is 0.0697. The number of aryl methyl sites for hydroxylation is 1. The molecule has 4 N–H and O–H groups in total. The number of methoxy groups -OCH3 is 1. The summed E-state index contributed by atoms with van der Waals surface area (Å²) in [4.78, 5) is 4.23. The van der Waals surface area contributed by atoms with Gasteiger partial charge in [-0.2, -0.15) is 5.26 Å². The molecule has 166 valence electrons. The summed E-state index contributed by atoms with van der Waals surface area (Å²) in [7, 11) is 1.62. The van der Waals surface area contributed by atoms with Gasteiger partial charge in [0.15, 0.2) is 0 Å². The van der Waals surface area contributed by atoms with E-state index >= 15 is 0 Å². The molecule has 3 aromatic rings. The highest BCUT2D eigenvalue weighted by Gasteiger charge is 2.10. The molecule has 0 heterocycles. The zero-order valence-corrected chi connectivity index (χ0v) is 19.1. The molecule has 0 aliphatic rings. The maximum Gasteiger partial charge on any atom is 0.144 e. The van der Waals surface area contributed by atoms with Crippen molar-refractivity contribution in [3.63, 3.8) is 0 Å². The lowest BCUT2D eigenvalue weighted by Gasteiger charge is -2.17. The molecule has 33 heavy (non-hydrogen) atoms. The Morgan fingerprint density at radius 3 is 2.55 bits per heavy atom. The Balaban J connectivity index is 1.74. The van der Waals surface area contributed by atoms with E-state index < -0.39 is 0 Å². The van der Waals surface area contributed by atoms with E-state index in [9.17, 15) is 5.26 Å². The van der Waals surface area contributed by atoms with Crippen molar-refractivity contribution in [1.29, 1.82) is 5.26 Å². The number of hydrogen-bond acceptors (Lipinski definition) is 5. The fourth-order valence-electron chi connectivity index (χ4n) is 3.16. The van der Waals surface area contributed by atoms with Crippen LogP contribution in [0.25, 0.3) is 11.1 Å². The van der Waals surface area contributed by atoms with Crippen molar-refractivity contribution in [3.8, 4) is 22.9 Å². The first-order valence-corrected chi connectivity index (χ1v) is 10.5. The molecule has 0 aromatic heterocycles. The topological polar surface area (TPSA) is 95.5 Å². The van der Waals surface area contributed by atoms with E-state index in [1.165, 1.54) is 6.20 Å². The van der Waals surface area contributed by atoms with Crippen LogP contribution >= 0.6 is 11.6 Å². The van der Waals surface area contributed by atoms with Gasteiger partial charge in [0.05, 0.1) is 34.9 Å². The van der Waals surface area contributed by atoms with Crippen LogP contribution in [0.15, 0.2) is 95.4 Å². The third kappa shape index (κ3) is 5.94. The second-order valence-corrected chi connectivity index (χ2v) is 7.51. The second-order valence-electron chi connectivity index (χ2n) is 7.10. The lowest BCUT2D eigenvalue weighted by atomic mass is 9.99. The zero-order valence-electron chi connectivity index (χ0n) is 18.4. The molecule has 0 aliphatic heterocycles. The number of ether oxygens (including phenoxy) is 1. The largest absolute Gasteiger partial charge is 0.495 e. The zero-order chi connectivity index (χ0) is 23.8.